The lowest BCUT2D eigenvalue weighted by Gasteiger charge is -2.09. The largest absolute Gasteiger partial charge is 0.417 e. The van der Waals surface area contributed by atoms with E-state index in [2.05, 4.69) is 4.98 Å². The van der Waals surface area contributed by atoms with E-state index in [1.807, 2.05) is 0 Å². The Labute approximate surface area is 145 Å². The summed E-state index contributed by atoms with van der Waals surface area (Å²) < 4.78 is 78.0. The lowest BCUT2D eigenvalue weighted by Crippen LogP contribution is -2.18. The number of carbonyl (C=O) groups is 1. The van der Waals surface area contributed by atoms with Crippen LogP contribution in [0.25, 0.3) is 6.08 Å². The number of amides is 1. The minimum Gasteiger partial charge on any atom is -0.366 e. The van der Waals surface area contributed by atoms with Crippen molar-refractivity contribution in [3.8, 4) is 0 Å². The fourth-order valence-corrected chi connectivity index (χ4v) is 1.91. The molecular formula is C15H12F4N2O4S. The predicted molar refractivity (Wildman–Crippen MR) is 84.7 cm³/mol. The summed E-state index contributed by atoms with van der Waals surface area (Å²) in [5.74, 6) is -2.31. The molecule has 0 fully saturated rings. The predicted octanol–water partition coefficient (Wildman–Crippen LogP) is 2.88. The molecule has 0 aliphatic heterocycles. The maximum Gasteiger partial charge on any atom is 0.417 e. The average molecular weight is 392 g/mol. The molecule has 0 aliphatic carbocycles. The normalized spacial score (nSPS) is 11.7. The molecular weight excluding hydrogens is 380 g/mol. The molecule has 1 amide bonds. The molecule has 140 valence electrons. The van der Waals surface area contributed by atoms with Gasteiger partial charge in [0.2, 0.25) is 5.91 Å². The van der Waals surface area contributed by atoms with Gasteiger partial charge in [0.1, 0.15) is 5.82 Å². The Kier molecular flexibility index (Phi) is 6.98. The molecule has 1 aromatic heterocycles. The topological polar surface area (TPSA) is 110 Å². The summed E-state index contributed by atoms with van der Waals surface area (Å²) in [6.07, 6.45) is -2.04. The smallest absolute Gasteiger partial charge is 0.366 e. The molecule has 0 spiro atoms. The molecule has 1 aromatic carbocycles. The van der Waals surface area contributed by atoms with Crippen molar-refractivity contribution in [3.63, 3.8) is 0 Å². The molecule has 1 heterocycles. The number of benzene rings is 1. The Morgan fingerprint density at radius 2 is 1.85 bits per heavy atom. The molecule has 0 aliphatic rings. The zero-order valence-electron chi connectivity index (χ0n) is 12.8. The Hall–Kier alpha value is -2.79. The molecule has 0 radical (unpaired) electrons. The molecule has 0 saturated heterocycles. The van der Waals surface area contributed by atoms with Crippen molar-refractivity contribution in [3.05, 3.63) is 70.6 Å². The van der Waals surface area contributed by atoms with E-state index in [1.165, 1.54) is 12.3 Å². The first-order valence-electron chi connectivity index (χ1n) is 6.63. The van der Waals surface area contributed by atoms with Gasteiger partial charge in [-0.05, 0) is 36.4 Å². The van der Waals surface area contributed by atoms with E-state index >= 15 is 0 Å². The average Bonchev–Trinajstić information content (AvgIpc) is 2.53. The molecule has 0 atom stereocenters. The monoisotopic (exact) mass is 392 g/mol. The Morgan fingerprint density at radius 3 is 2.31 bits per heavy atom. The van der Waals surface area contributed by atoms with Crippen LogP contribution in [0.15, 0.2) is 48.0 Å². The van der Waals surface area contributed by atoms with E-state index in [1.54, 1.807) is 18.2 Å². The molecule has 6 nitrogen and oxygen atoms in total. The second-order valence-electron chi connectivity index (χ2n) is 4.62. The van der Waals surface area contributed by atoms with Crippen molar-refractivity contribution in [2.75, 3.05) is 0 Å². The standard InChI is InChI=1S/C8H5F4NO.C7H7NO3S/c9-4-1-2-5(7(13)14)6(3-4)8(10,11)12;9-12(10,11)6-4-7-3-1-2-5-8-7/h1-3H,(H2,13,14);1-6H,(H,9,10,11)/b;6-4+. The number of primary amides is 1. The number of rotatable bonds is 3. The van der Waals surface area contributed by atoms with E-state index in [9.17, 15) is 30.8 Å². The first-order chi connectivity index (χ1) is 11.9. The highest BCUT2D eigenvalue weighted by Crippen LogP contribution is 2.32. The fourth-order valence-electron chi connectivity index (χ4n) is 1.60. The number of alkyl halides is 3. The van der Waals surface area contributed by atoms with Crippen LogP contribution < -0.4 is 5.73 Å². The zero-order chi connectivity index (χ0) is 20.0. The molecule has 26 heavy (non-hydrogen) atoms. The van der Waals surface area contributed by atoms with Crippen molar-refractivity contribution in [1.82, 2.24) is 4.98 Å². The molecule has 2 aromatic rings. The second kappa shape index (κ2) is 8.54. The summed E-state index contributed by atoms with van der Waals surface area (Å²) in [5.41, 5.74) is 3.09. The van der Waals surface area contributed by atoms with E-state index < -0.39 is 39.1 Å². The van der Waals surface area contributed by atoms with Crippen molar-refractivity contribution in [2.24, 2.45) is 5.73 Å². The van der Waals surface area contributed by atoms with Gasteiger partial charge in [-0.2, -0.15) is 21.6 Å². The molecule has 0 saturated carbocycles. The summed E-state index contributed by atoms with van der Waals surface area (Å²) in [6, 6.07) is 6.75. The third-order valence-corrected chi connectivity index (χ3v) is 3.13. The number of hydrogen-bond donors (Lipinski definition) is 2. The van der Waals surface area contributed by atoms with Crippen LogP contribution in [0, 0.1) is 5.82 Å². The van der Waals surface area contributed by atoms with Gasteiger partial charge in [0.15, 0.2) is 0 Å². The van der Waals surface area contributed by atoms with E-state index in [-0.39, 0.29) is 6.07 Å². The van der Waals surface area contributed by atoms with Crippen LogP contribution in [0.3, 0.4) is 0 Å². The minimum absolute atomic E-state index is 0.236. The second-order valence-corrected chi connectivity index (χ2v) is 5.93. The Morgan fingerprint density at radius 1 is 1.19 bits per heavy atom. The van der Waals surface area contributed by atoms with Crippen molar-refractivity contribution < 1.29 is 35.3 Å². The van der Waals surface area contributed by atoms with Gasteiger partial charge in [-0.15, -0.1) is 0 Å². The van der Waals surface area contributed by atoms with Crippen molar-refractivity contribution in [1.29, 1.82) is 0 Å². The van der Waals surface area contributed by atoms with Gasteiger partial charge in [0.25, 0.3) is 10.1 Å². The lowest BCUT2D eigenvalue weighted by atomic mass is 10.1. The number of pyridine rings is 1. The number of hydrogen-bond acceptors (Lipinski definition) is 4. The van der Waals surface area contributed by atoms with Gasteiger partial charge < -0.3 is 5.73 Å². The third kappa shape index (κ3) is 7.40. The van der Waals surface area contributed by atoms with Crippen molar-refractivity contribution >= 4 is 22.1 Å². The lowest BCUT2D eigenvalue weighted by molar-refractivity contribution is -0.138. The van der Waals surface area contributed by atoms with Gasteiger partial charge in [-0.25, -0.2) is 4.39 Å². The maximum atomic E-state index is 12.5. The molecule has 0 unspecified atom stereocenters. The highest BCUT2D eigenvalue weighted by molar-refractivity contribution is 7.88. The summed E-state index contributed by atoms with van der Waals surface area (Å²) in [6.45, 7) is 0. The number of nitrogens with two attached hydrogens (primary N) is 1. The van der Waals surface area contributed by atoms with E-state index in [0.717, 1.165) is 6.07 Å². The highest BCUT2D eigenvalue weighted by Gasteiger charge is 2.35. The van der Waals surface area contributed by atoms with Crippen LogP contribution in [-0.4, -0.2) is 23.9 Å². The quantitative estimate of drug-likeness (QED) is 0.616. The summed E-state index contributed by atoms with van der Waals surface area (Å²) in [7, 11) is -4.04. The van der Waals surface area contributed by atoms with Gasteiger partial charge in [0, 0.05) is 6.20 Å². The SMILES string of the molecule is NC(=O)c1ccc(F)cc1C(F)(F)F.O=S(=O)(O)/C=C/c1ccccn1. The minimum atomic E-state index is -4.79. The van der Waals surface area contributed by atoms with Crippen LogP contribution in [0.1, 0.15) is 21.6 Å². The Bertz CT molecular complexity index is 898. The molecule has 3 N–H and O–H groups in total. The maximum absolute atomic E-state index is 12.5. The van der Waals surface area contributed by atoms with Gasteiger partial charge in [-0.1, -0.05) is 6.07 Å². The third-order valence-electron chi connectivity index (χ3n) is 2.65. The zero-order valence-corrected chi connectivity index (χ0v) is 13.6. The van der Waals surface area contributed by atoms with Gasteiger partial charge >= 0.3 is 6.18 Å². The van der Waals surface area contributed by atoms with E-state index in [0.29, 0.717) is 17.2 Å². The first kappa shape index (κ1) is 21.3. The van der Waals surface area contributed by atoms with E-state index in [4.69, 9.17) is 10.3 Å². The van der Waals surface area contributed by atoms with Gasteiger partial charge in [0.05, 0.1) is 22.2 Å². The van der Waals surface area contributed by atoms with Crippen molar-refractivity contribution in [2.45, 2.75) is 6.18 Å². The van der Waals surface area contributed by atoms with Crippen LogP contribution >= 0.6 is 0 Å². The first-order valence-corrected chi connectivity index (χ1v) is 8.13. The van der Waals surface area contributed by atoms with Crippen LogP contribution in [0.2, 0.25) is 0 Å². The summed E-state index contributed by atoms with van der Waals surface area (Å²) in [4.78, 5) is 14.4. The number of carbonyl (C=O) groups excluding carboxylic acids is 1. The molecule has 0 bridgehead atoms. The van der Waals surface area contributed by atoms with Crippen LogP contribution in [0.4, 0.5) is 17.6 Å². The summed E-state index contributed by atoms with van der Waals surface area (Å²) in [5, 5.41) is 0.690. The van der Waals surface area contributed by atoms with Crippen LogP contribution in [0.5, 0.6) is 0 Å². The van der Waals surface area contributed by atoms with Crippen LogP contribution in [-0.2, 0) is 16.3 Å². The Balaban J connectivity index is 0.000000263. The number of halogens is 4. The molecule has 2 rings (SSSR count). The fraction of sp³-hybridized carbons (Fsp3) is 0.0667. The number of nitrogens with zero attached hydrogens (tertiary/aromatic N) is 1. The van der Waals surface area contributed by atoms with Gasteiger partial charge in [-0.3, -0.25) is 14.3 Å². The molecule has 11 heteroatoms. The number of aromatic nitrogens is 1. The highest BCUT2D eigenvalue weighted by atomic mass is 32.2. The summed E-state index contributed by atoms with van der Waals surface area (Å²) >= 11 is 0.